The summed E-state index contributed by atoms with van der Waals surface area (Å²) < 4.78 is 0. The van der Waals surface area contributed by atoms with Crippen LogP contribution in [0.25, 0.3) is 0 Å². The summed E-state index contributed by atoms with van der Waals surface area (Å²) in [6.07, 6.45) is 0.969. The second-order valence-corrected chi connectivity index (χ2v) is 4.99. The maximum Gasteiger partial charge on any atom is 0.0360 e. The largest absolute Gasteiger partial charge is 0.306 e. The Morgan fingerprint density at radius 3 is 2.16 bits per heavy atom. The molecule has 19 heavy (non-hydrogen) atoms. The standard InChI is InChI=1S/C18H21N/c1-15(2)13-18(17-11-7-4-8-12-17)19-14-16-9-5-3-6-10-16/h3-12,18-19H,1,13-14H2,2H3. The lowest BCUT2D eigenvalue weighted by Crippen LogP contribution is -2.21. The summed E-state index contributed by atoms with van der Waals surface area (Å²) in [4.78, 5) is 0. The first-order chi connectivity index (χ1) is 9.25. The van der Waals surface area contributed by atoms with E-state index in [9.17, 15) is 0 Å². The van der Waals surface area contributed by atoms with E-state index in [4.69, 9.17) is 0 Å². The zero-order chi connectivity index (χ0) is 13.5. The SMILES string of the molecule is C=C(C)CC(NCc1ccccc1)c1ccccc1. The fourth-order valence-electron chi connectivity index (χ4n) is 2.18. The monoisotopic (exact) mass is 251 g/mol. The third-order valence-electron chi connectivity index (χ3n) is 3.15. The number of rotatable bonds is 6. The van der Waals surface area contributed by atoms with Crippen LogP contribution in [0.2, 0.25) is 0 Å². The van der Waals surface area contributed by atoms with Crippen molar-refractivity contribution in [1.82, 2.24) is 5.32 Å². The zero-order valence-corrected chi connectivity index (χ0v) is 11.5. The van der Waals surface area contributed by atoms with E-state index in [1.54, 1.807) is 0 Å². The normalized spacial score (nSPS) is 12.1. The Labute approximate surface area is 116 Å². The minimum Gasteiger partial charge on any atom is -0.306 e. The number of nitrogens with one attached hydrogen (secondary N) is 1. The van der Waals surface area contributed by atoms with Gasteiger partial charge >= 0.3 is 0 Å². The Hall–Kier alpha value is -1.86. The minimum atomic E-state index is 0.332. The summed E-state index contributed by atoms with van der Waals surface area (Å²) in [5, 5.41) is 3.62. The van der Waals surface area contributed by atoms with Crippen molar-refractivity contribution in [3.8, 4) is 0 Å². The lowest BCUT2D eigenvalue weighted by molar-refractivity contribution is 0.529. The highest BCUT2D eigenvalue weighted by Crippen LogP contribution is 2.20. The number of benzene rings is 2. The van der Waals surface area contributed by atoms with Crippen LogP contribution in [-0.2, 0) is 6.54 Å². The molecule has 0 aliphatic heterocycles. The Kier molecular flexibility index (Phi) is 4.93. The van der Waals surface area contributed by atoms with Gasteiger partial charge in [0, 0.05) is 12.6 Å². The predicted octanol–water partition coefficient (Wildman–Crippen LogP) is 4.48. The van der Waals surface area contributed by atoms with Crippen LogP contribution in [0.3, 0.4) is 0 Å². The van der Waals surface area contributed by atoms with Crippen LogP contribution in [0.1, 0.15) is 30.5 Å². The lowest BCUT2D eigenvalue weighted by atomic mass is 10.00. The predicted molar refractivity (Wildman–Crippen MR) is 81.9 cm³/mol. The van der Waals surface area contributed by atoms with Crippen molar-refractivity contribution in [2.24, 2.45) is 0 Å². The molecule has 0 saturated carbocycles. The van der Waals surface area contributed by atoms with Crippen LogP contribution in [0.5, 0.6) is 0 Å². The van der Waals surface area contributed by atoms with E-state index in [0.717, 1.165) is 13.0 Å². The molecule has 2 aromatic rings. The molecular weight excluding hydrogens is 230 g/mol. The maximum atomic E-state index is 4.04. The third kappa shape index (κ3) is 4.38. The van der Waals surface area contributed by atoms with Gasteiger partial charge in [-0.25, -0.2) is 0 Å². The lowest BCUT2D eigenvalue weighted by Gasteiger charge is -2.19. The summed E-state index contributed by atoms with van der Waals surface area (Å²) in [7, 11) is 0. The van der Waals surface area contributed by atoms with Crippen LogP contribution in [0.15, 0.2) is 72.8 Å². The quantitative estimate of drug-likeness (QED) is 0.746. The van der Waals surface area contributed by atoms with Crippen LogP contribution in [0, 0.1) is 0 Å². The first-order valence-electron chi connectivity index (χ1n) is 6.72. The van der Waals surface area contributed by atoms with Gasteiger partial charge in [-0.15, -0.1) is 6.58 Å². The molecule has 2 aromatic carbocycles. The Morgan fingerprint density at radius 1 is 1.00 bits per heavy atom. The highest BCUT2D eigenvalue weighted by Gasteiger charge is 2.10. The molecule has 1 nitrogen and oxygen atoms in total. The van der Waals surface area contributed by atoms with Gasteiger partial charge < -0.3 is 5.32 Å². The smallest absolute Gasteiger partial charge is 0.0360 e. The Morgan fingerprint density at radius 2 is 1.58 bits per heavy atom. The van der Waals surface area contributed by atoms with E-state index in [-0.39, 0.29) is 0 Å². The first-order valence-corrected chi connectivity index (χ1v) is 6.72. The van der Waals surface area contributed by atoms with Gasteiger partial charge in [0.25, 0.3) is 0 Å². The van der Waals surface area contributed by atoms with E-state index < -0.39 is 0 Å². The molecule has 1 heteroatoms. The molecule has 0 aliphatic rings. The van der Waals surface area contributed by atoms with Gasteiger partial charge in [0.1, 0.15) is 0 Å². The number of hydrogen-bond donors (Lipinski definition) is 1. The average molecular weight is 251 g/mol. The van der Waals surface area contributed by atoms with Crippen molar-refractivity contribution in [3.63, 3.8) is 0 Å². The molecule has 0 aliphatic carbocycles. The summed E-state index contributed by atoms with van der Waals surface area (Å²) in [6.45, 7) is 7.00. The maximum absolute atomic E-state index is 4.04. The molecule has 2 rings (SSSR count). The van der Waals surface area contributed by atoms with Gasteiger partial charge in [-0.3, -0.25) is 0 Å². The fraction of sp³-hybridized carbons (Fsp3) is 0.222. The van der Waals surface area contributed by atoms with Gasteiger partial charge in [-0.05, 0) is 24.5 Å². The molecule has 0 bridgehead atoms. The van der Waals surface area contributed by atoms with Crippen LogP contribution >= 0.6 is 0 Å². The summed E-state index contributed by atoms with van der Waals surface area (Å²) in [5.74, 6) is 0. The topological polar surface area (TPSA) is 12.0 Å². The van der Waals surface area contributed by atoms with Crippen molar-refractivity contribution in [1.29, 1.82) is 0 Å². The molecule has 0 aromatic heterocycles. The van der Waals surface area contributed by atoms with Crippen molar-refractivity contribution in [2.45, 2.75) is 25.9 Å². The zero-order valence-electron chi connectivity index (χ0n) is 11.5. The van der Waals surface area contributed by atoms with Crippen LogP contribution in [-0.4, -0.2) is 0 Å². The third-order valence-corrected chi connectivity index (χ3v) is 3.15. The van der Waals surface area contributed by atoms with E-state index in [0.29, 0.717) is 6.04 Å². The van der Waals surface area contributed by atoms with E-state index in [2.05, 4.69) is 73.4 Å². The summed E-state index contributed by atoms with van der Waals surface area (Å²) in [5.41, 5.74) is 3.83. The molecule has 0 spiro atoms. The van der Waals surface area contributed by atoms with Gasteiger partial charge in [0.05, 0.1) is 0 Å². The molecule has 0 amide bonds. The van der Waals surface area contributed by atoms with Gasteiger partial charge in [-0.2, -0.15) is 0 Å². The summed E-state index contributed by atoms with van der Waals surface area (Å²) in [6, 6.07) is 21.4. The second kappa shape index (κ2) is 6.91. The van der Waals surface area contributed by atoms with Crippen LogP contribution < -0.4 is 5.32 Å². The van der Waals surface area contributed by atoms with E-state index in [1.807, 2.05) is 6.07 Å². The highest BCUT2D eigenvalue weighted by atomic mass is 14.9. The Balaban J connectivity index is 2.04. The molecular formula is C18H21N. The van der Waals surface area contributed by atoms with Gasteiger partial charge in [0.15, 0.2) is 0 Å². The van der Waals surface area contributed by atoms with E-state index >= 15 is 0 Å². The molecule has 1 unspecified atom stereocenters. The van der Waals surface area contributed by atoms with Crippen molar-refractivity contribution >= 4 is 0 Å². The first kappa shape index (κ1) is 13.6. The fourth-order valence-corrected chi connectivity index (χ4v) is 2.18. The van der Waals surface area contributed by atoms with Crippen molar-refractivity contribution < 1.29 is 0 Å². The molecule has 98 valence electrons. The van der Waals surface area contributed by atoms with Gasteiger partial charge in [-0.1, -0.05) is 66.2 Å². The molecule has 1 atom stereocenters. The second-order valence-electron chi connectivity index (χ2n) is 4.99. The molecule has 0 fully saturated rings. The van der Waals surface area contributed by atoms with Crippen molar-refractivity contribution in [3.05, 3.63) is 83.9 Å². The minimum absolute atomic E-state index is 0.332. The molecule has 0 radical (unpaired) electrons. The average Bonchev–Trinajstić information content (AvgIpc) is 2.45. The van der Waals surface area contributed by atoms with Gasteiger partial charge in [0.2, 0.25) is 0 Å². The number of hydrogen-bond acceptors (Lipinski definition) is 1. The summed E-state index contributed by atoms with van der Waals surface area (Å²) >= 11 is 0. The molecule has 1 N–H and O–H groups in total. The highest BCUT2D eigenvalue weighted by molar-refractivity contribution is 5.21. The van der Waals surface area contributed by atoms with Crippen molar-refractivity contribution in [2.75, 3.05) is 0 Å². The van der Waals surface area contributed by atoms with E-state index in [1.165, 1.54) is 16.7 Å². The van der Waals surface area contributed by atoms with Crippen LogP contribution in [0.4, 0.5) is 0 Å². The molecule has 0 saturated heterocycles. The molecule has 0 heterocycles. The Bertz CT molecular complexity index is 502.